The molecule has 0 spiro atoms. The maximum atomic E-state index is 8.36. The molecule has 0 radical (unpaired) electrons. The highest BCUT2D eigenvalue weighted by molar-refractivity contribution is 6.33. The summed E-state index contributed by atoms with van der Waals surface area (Å²) in [6.07, 6.45) is 11.7. The average molecular weight is 463 g/mol. The summed E-state index contributed by atoms with van der Waals surface area (Å²) in [5.74, 6) is 0.481. The molecule has 1 aromatic carbocycles. The third kappa shape index (κ3) is 7.58. The van der Waals surface area contributed by atoms with Gasteiger partial charge in [0.1, 0.15) is 5.75 Å². The van der Waals surface area contributed by atoms with Gasteiger partial charge in [-0.1, -0.05) is 53.0 Å². The maximum Gasteiger partial charge on any atom is 0.291 e. The predicted molar refractivity (Wildman–Crippen MR) is 109 cm³/mol. The van der Waals surface area contributed by atoms with Gasteiger partial charge in [0, 0.05) is 29.9 Å². The molecule has 8 nitrogen and oxygen atoms in total. The van der Waals surface area contributed by atoms with Gasteiger partial charge in [-0.05, 0) is 30.7 Å². The number of rotatable bonds is 7. The Morgan fingerprint density at radius 2 is 2.07 bits per heavy atom. The minimum atomic E-state index is -1.50. The Hall–Kier alpha value is -2.26. The molecular formula is C18H18Cl3N3O5. The van der Waals surface area contributed by atoms with Gasteiger partial charge in [-0.15, -0.1) is 10.1 Å². The van der Waals surface area contributed by atoms with E-state index < -0.39 is 10.1 Å². The highest BCUT2D eigenvalue weighted by atomic mass is 35.5. The van der Waals surface area contributed by atoms with Crippen molar-refractivity contribution < 1.29 is 19.8 Å². The Morgan fingerprint density at radius 3 is 2.72 bits per heavy atom. The van der Waals surface area contributed by atoms with Crippen molar-refractivity contribution in [1.82, 2.24) is 9.55 Å². The van der Waals surface area contributed by atoms with Crippen molar-refractivity contribution in [3.05, 3.63) is 81.4 Å². The quantitative estimate of drug-likeness (QED) is 0.272. The van der Waals surface area contributed by atoms with E-state index in [0.717, 1.165) is 13.0 Å². The van der Waals surface area contributed by atoms with E-state index in [1.165, 1.54) is 0 Å². The number of hydrogen-bond donors (Lipinski definition) is 1. The average Bonchev–Trinajstić information content (AvgIpc) is 3.16. The second-order valence-corrected chi connectivity index (χ2v) is 7.29. The van der Waals surface area contributed by atoms with E-state index in [1.54, 1.807) is 30.7 Å². The number of ether oxygens (including phenoxy) is 2. The third-order valence-electron chi connectivity index (χ3n) is 3.92. The molecule has 0 aliphatic heterocycles. The van der Waals surface area contributed by atoms with E-state index in [4.69, 9.17) is 59.6 Å². The molecule has 29 heavy (non-hydrogen) atoms. The van der Waals surface area contributed by atoms with Crippen molar-refractivity contribution in [2.75, 3.05) is 6.79 Å². The zero-order valence-corrected chi connectivity index (χ0v) is 17.3. The van der Waals surface area contributed by atoms with Gasteiger partial charge in [0.25, 0.3) is 5.09 Å². The van der Waals surface area contributed by atoms with Crippen molar-refractivity contribution in [1.29, 1.82) is 0 Å². The molecule has 1 heterocycles. The summed E-state index contributed by atoms with van der Waals surface area (Å²) in [6.45, 7) is 0.729. The fraction of sp³-hybridized carbons (Fsp3) is 0.278. The molecule has 0 fully saturated rings. The molecule has 11 heteroatoms. The molecule has 2 atom stereocenters. The molecular weight excluding hydrogens is 445 g/mol. The third-order valence-corrected chi connectivity index (χ3v) is 4.96. The van der Waals surface area contributed by atoms with Crippen LogP contribution in [0.3, 0.4) is 0 Å². The Balaban J connectivity index is 0.000000687. The molecule has 1 aromatic heterocycles. The van der Waals surface area contributed by atoms with Gasteiger partial charge in [0.15, 0.2) is 11.9 Å². The highest BCUT2D eigenvalue weighted by Crippen LogP contribution is 2.38. The molecule has 0 saturated carbocycles. The van der Waals surface area contributed by atoms with Gasteiger partial charge in [-0.25, -0.2) is 4.98 Å². The van der Waals surface area contributed by atoms with E-state index in [-0.39, 0.29) is 12.7 Å². The Bertz CT molecular complexity index is 856. The van der Waals surface area contributed by atoms with E-state index in [0.29, 0.717) is 15.8 Å². The van der Waals surface area contributed by atoms with E-state index >= 15 is 0 Å². The van der Waals surface area contributed by atoms with Crippen LogP contribution in [-0.2, 0) is 11.3 Å². The molecule has 2 unspecified atom stereocenters. The van der Waals surface area contributed by atoms with Crippen LogP contribution >= 0.6 is 34.8 Å². The summed E-state index contributed by atoms with van der Waals surface area (Å²) in [5.41, 5.74) is 0. The topological polar surface area (TPSA) is 99.7 Å². The molecule has 0 saturated heterocycles. The lowest BCUT2D eigenvalue weighted by Gasteiger charge is -2.33. The number of allylic oxidation sites excluding steroid dienone is 2. The summed E-state index contributed by atoms with van der Waals surface area (Å²) < 4.78 is 13.4. The molecule has 1 aliphatic rings. The first-order valence-corrected chi connectivity index (χ1v) is 9.49. The number of hydrogen-bond acceptors (Lipinski definition) is 5. The van der Waals surface area contributed by atoms with Crippen LogP contribution in [0.25, 0.3) is 0 Å². The standard InChI is InChI=1S/C18H17Cl3N2O2.HNO3/c19-15-6-5-14(7-9-23-10-8-22-12-23)18(21,11-15)25-13-24-17-4-2-1-3-16(17)20;2-1(3)4/h1-6,8,10-12,14H,7,9,13H2;(H,2,3,4). The first kappa shape index (κ1) is 23.0. The lowest BCUT2D eigenvalue weighted by molar-refractivity contribution is -0.742. The van der Waals surface area contributed by atoms with Crippen LogP contribution in [0.1, 0.15) is 6.42 Å². The summed E-state index contributed by atoms with van der Waals surface area (Å²) in [5, 5.41) is 13.6. The van der Waals surface area contributed by atoms with Gasteiger partial charge in [0.2, 0.25) is 0 Å². The van der Waals surface area contributed by atoms with Crippen molar-refractivity contribution >= 4 is 34.8 Å². The summed E-state index contributed by atoms with van der Waals surface area (Å²) in [4.78, 5) is 12.4. The molecule has 0 bridgehead atoms. The monoisotopic (exact) mass is 461 g/mol. The number of aryl methyl sites for hydroxylation is 1. The van der Waals surface area contributed by atoms with Crippen LogP contribution in [0.4, 0.5) is 0 Å². The van der Waals surface area contributed by atoms with Gasteiger partial charge in [0.05, 0.1) is 11.3 Å². The molecule has 156 valence electrons. The minimum absolute atomic E-state index is 0.0384. The first-order valence-electron chi connectivity index (χ1n) is 8.36. The smallest absolute Gasteiger partial charge is 0.291 e. The van der Waals surface area contributed by atoms with Crippen molar-refractivity contribution in [3.63, 3.8) is 0 Å². The maximum absolute atomic E-state index is 8.36. The van der Waals surface area contributed by atoms with Crippen LogP contribution in [0.2, 0.25) is 5.02 Å². The molecule has 1 N–H and O–H groups in total. The normalized spacial score (nSPS) is 20.4. The van der Waals surface area contributed by atoms with Crippen molar-refractivity contribution in [2.24, 2.45) is 5.92 Å². The highest BCUT2D eigenvalue weighted by Gasteiger charge is 2.37. The Kier molecular flexibility index (Phi) is 8.78. The lowest BCUT2D eigenvalue weighted by atomic mass is 9.93. The first-order chi connectivity index (χ1) is 13.8. The number of alkyl halides is 1. The van der Waals surface area contributed by atoms with Crippen LogP contribution in [0, 0.1) is 16.0 Å². The number of para-hydroxylation sites is 1. The van der Waals surface area contributed by atoms with Gasteiger partial charge in [-0.2, -0.15) is 0 Å². The number of nitrogens with zero attached hydrogens (tertiary/aromatic N) is 3. The van der Waals surface area contributed by atoms with Crippen molar-refractivity contribution in [3.8, 4) is 5.75 Å². The fourth-order valence-corrected chi connectivity index (χ4v) is 3.40. The molecule has 0 amide bonds. The van der Waals surface area contributed by atoms with E-state index in [1.807, 2.05) is 35.0 Å². The SMILES string of the molecule is ClC1=CC(Cl)(OCOc2ccccc2Cl)C(CCn2ccnc2)C=C1.O=[N+]([O-])O. The number of halogens is 3. The zero-order valence-electron chi connectivity index (χ0n) is 15.0. The second-order valence-electron chi connectivity index (χ2n) is 5.86. The van der Waals surface area contributed by atoms with E-state index in [9.17, 15) is 0 Å². The number of aromatic nitrogens is 2. The summed E-state index contributed by atoms with van der Waals surface area (Å²) in [6, 6.07) is 7.19. The van der Waals surface area contributed by atoms with E-state index in [2.05, 4.69) is 4.98 Å². The Morgan fingerprint density at radius 1 is 1.34 bits per heavy atom. The van der Waals surface area contributed by atoms with Crippen molar-refractivity contribution in [2.45, 2.75) is 18.0 Å². The van der Waals surface area contributed by atoms with Crippen LogP contribution in [-0.4, -0.2) is 31.7 Å². The largest absolute Gasteiger partial charge is 0.466 e. The summed E-state index contributed by atoms with van der Waals surface area (Å²) in [7, 11) is 0. The second kappa shape index (κ2) is 11.1. The fourth-order valence-electron chi connectivity index (χ4n) is 2.58. The Labute approximate surface area is 182 Å². The molecule has 1 aliphatic carbocycles. The van der Waals surface area contributed by atoms with Crippen LogP contribution in [0.15, 0.2) is 66.2 Å². The number of benzene rings is 1. The van der Waals surface area contributed by atoms with Gasteiger partial charge >= 0.3 is 0 Å². The molecule has 2 aromatic rings. The van der Waals surface area contributed by atoms with Crippen LogP contribution in [0.5, 0.6) is 5.75 Å². The number of imidazole rings is 1. The summed E-state index contributed by atoms with van der Waals surface area (Å²) >= 11 is 18.9. The van der Waals surface area contributed by atoms with Gasteiger partial charge in [-0.3, -0.25) is 0 Å². The zero-order chi connectivity index (χ0) is 21.3. The molecule has 3 rings (SSSR count). The lowest BCUT2D eigenvalue weighted by Crippen LogP contribution is -2.36. The minimum Gasteiger partial charge on any atom is -0.466 e. The van der Waals surface area contributed by atoms with Gasteiger partial charge < -0.3 is 19.2 Å². The van der Waals surface area contributed by atoms with Crippen LogP contribution < -0.4 is 4.74 Å². The predicted octanol–water partition coefficient (Wildman–Crippen LogP) is 4.88.